The van der Waals surface area contributed by atoms with Crippen LogP contribution in [0.3, 0.4) is 0 Å². The Morgan fingerprint density at radius 1 is 1.32 bits per heavy atom. The van der Waals surface area contributed by atoms with Gasteiger partial charge in [-0.1, -0.05) is 42.3 Å². The quantitative estimate of drug-likeness (QED) is 0.430. The Kier molecular flexibility index (Phi) is 7.08. The number of carboxylic acid groups (broad SMARTS) is 1. The van der Waals surface area contributed by atoms with E-state index in [1.165, 1.54) is 37.4 Å². The molecule has 1 saturated heterocycles. The number of ether oxygens (including phenoxy) is 1. The van der Waals surface area contributed by atoms with Crippen molar-refractivity contribution in [2.45, 2.75) is 24.3 Å². The number of epoxide rings is 1. The molecule has 10 heteroatoms. The fourth-order valence-corrected chi connectivity index (χ4v) is 5.49. The second-order valence-electron chi connectivity index (χ2n) is 7.04. The zero-order valence-corrected chi connectivity index (χ0v) is 19.1. The molecule has 0 aromatic heterocycles. The number of aliphatic carboxylic acids is 1. The molecule has 2 aromatic rings. The predicted molar refractivity (Wildman–Crippen MR) is 117 cm³/mol. The molecular formula is C21H20Cl2FNO5S. The molecule has 0 bridgehead atoms. The number of hydrogen-bond donors (Lipinski definition) is 1. The van der Waals surface area contributed by atoms with E-state index < -0.39 is 21.8 Å². The molecule has 2 aromatic carbocycles. The predicted octanol–water partition coefficient (Wildman–Crippen LogP) is 4.70. The van der Waals surface area contributed by atoms with E-state index in [1.54, 1.807) is 13.0 Å². The van der Waals surface area contributed by atoms with Gasteiger partial charge in [0, 0.05) is 24.7 Å². The second-order valence-corrected chi connectivity index (χ2v) is 9.84. The van der Waals surface area contributed by atoms with Gasteiger partial charge in [0.1, 0.15) is 10.7 Å². The van der Waals surface area contributed by atoms with Crippen LogP contribution in [0.1, 0.15) is 18.9 Å². The third kappa shape index (κ3) is 5.10. The first-order chi connectivity index (χ1) is 14.6. The maximum Gasteiger partial charge on any atom is 0.331 e. The third-order valence-corrected chi connectivity index (χ3v) is 7.60. The molecule has 1 fully saturated rings. The highest BCUT2D eigenvalue weighted by atomic mass is 35.5. The van der Waals surface area contributed by atoms with Crippen LogP contribution in [0, 0.1) is 5.82 Å². The van der Waals surface area contributed by atoms with Crippen LogP contribution in [0.15, 0.2) is 40.8 Å². The van der Waals surface area contributed by atoms with Gasteiger partial charge in [-0.2, -0.15) is 4.31 Å². The minimum atomic E-state index is -4.00. The Hall–Kier alpha value is -1.97. The number of rotatable bonds is 8. The number of sulfonamides is 1. The van der Waals surface area contributed by atoms with Gasteiger partial charge >= 0.3 is 5.97 Å². The number of likely N-dealkylation sites (N-methyl/N-ethyl adjacent to an activating group) is 1. The maximum atomic E-state index is 14.8. The fraction of sp³-hybridized carbons (Fsp3) is 0.286. The van der Waals surface area contributed by atoms with Crippen LogP contribution in [-0.2, 0) is 19.6 Å². The maximum absolute atomic E-state index is 14.8. The first-order valence-corrected chi connectivity index (χ1v) is 11.6. The summed E-state index contributed by atoms with van der Waals surface area (Å²) in [5.74, 6) is -1.74. The molecule has 166 valence electrons. The molecule has 1 heterocycles. The summed E-state index contributed by atoms with van der Waals surface area (Å²) in [5, 5.41) is 8.98. The Morgan fingerprint density at radius 3 is 2.45 bits per heavy atom. The van der Waals surface area contributed by atoms with Crippen LogP contribution < -0.4 is 0 Å². The van der Waals surface area contributed by atoms with Gasteiger partial charge in [0.25, 0.3) is 0 Å². The number of carboxylic acids is 1. The van der Waals surface area contributed by atoms with Crippen LogP contribution >= 0.6 is 23.2 Å². The van der Waals surface area contributed by atoms with E-state index in [9.17, 15) is 22.7 Å². The van der Waals surface area contributed by atoms with E-state index in [2.05, 4.69) is 0 Å². The van der Waals surface area contributed by atoms with Crippen LogP contribution in [0.4, 0.5) is 4.39 Å². The normalized spacial score (nSPS) is 16.6. The second kappa shape index (κ2) is 9.26. The lowest BCUT2D eigenvalue weighted by molar-refractivity contribution is -0.132. The van der Waals surface area contributed by atoms with Gasteiger partial charge in [0.05, 0.1) is 22.8 Å². The molecule has 1 aliphatic rings. The van der Waals surface area contributed by atoms with Crippen molar-refractivity contribution in [3.8, 4) is 11.1 Å². The van der Waals surface area contributed by atoms with Crippen molar-refractivity contribution in [1.82, 2.24) is 4.31 Å². The summed E-state index contributed by atoms with van der Waals surface area (Å²) in [5.41, 5.74) is 0.701. The number of carbonyl (C=O) groups is 1. The van der Waals surface area contributed by atoms with Crippen molar-refractivity contribution >= 4 is 45.3 Å². The smallest absolute Gasteiger partial charge is 0.331 e. The van der Waals surface area contributed by atoms with E-state index in [1.807, 2.05) is 0 Å². The molecule has 0 saturated carbocycles. The van der Waals surface area contributed by atoms with Crippen molar-refractivity contribution in [1.29, 1.82) is 0 Å². The zero-order valence-electron chi connectivity index (χ0n) is 16.7. The average Bonchev–Trinajstić information content (AvgIpc) is 3.49. The highest BCUT2D eigenvalue weighted by Gasteiger charge is 2.33. The van der Waals surface area contributed by atoms with Crippen LogP contribution in [-0.4, -0.2) is 50.1 Å². The Morgan fingerprint density at radius 2 is 1.94 bits per heavy atom. The first kappa shape index (κ1) is 23.7. The summed E-state index contributed by atoms with van der Waals surface area (Å²) in [7, 11) is -2.60. The highest BCUT2D eigenvalue weighted by Crippen LogP contribution is 2.38. The Labute approximate surface area is 189 Å². The summed E-state index contributed by atoms with van der Waals surface area (Å²) < 4.78 is 46.8. The summed E-state index contributed by atoms with van der Waals surface area (Å²) in [6.45, 7) is 2.32. The van der Waals surface area contributed by atoms with Crippen molar-refractivity contribution in [2.24, 2.45) is 0 Å². The molecule has 0 spiro atoms. The van der Waals surface area contributed by atoms with Crippen LogP contribution in [0.2, 0.25) is 10.0 Å². The van der Waals surface area contributed by atoms with E-state index >= 15 is 0 Å². The first-order valence-electron chi connectivity index (χ1n) is 9.36. The van der Waals surface area contributed by atoms with Gasteiger partial charge in [-0.05, 0) is 41.8 Å². The van der Waals surface area contributed by atoms with Crippen LogP contribution in [0.25, 0.3) is 17.2 Å². The molecule has 1 N–H and O–H groups in total. The van der Waals surface area contributed by atoms with Gasteiger partial charge in [0.2, 0.25) is 10.0 Å². The van der Waals surface area contributed by atoms with Gasteiger partial charge in [-0.3, -0.25) is 0 Å². The van der Waals surface area contributed by atoms with Gasteiger partial charge in [0.15, 0.2) is 0 Å². The molecule has 0 aliphatic carbocycles. The molecule has 1 unspecified atom stereocenters. The third-order valence-electron chi connectivity index (χ3n) is 4.85. The number of nitrogens with zero attached hydrogens (tertiary/aromatic N) is 1. The van der Waals surface area contributed by atoms with Crippen LogP contribution in [0.5, 0.6) is 0 Å². The lowest BCUT2D eigenvalue weighted by Gasteiger charge is -2.19. The van der Waals surface area contributed by atoms with Crippen molar-refractivity contribution in [2.75, 3.05) is 20.2 Å². The van der Waals surface area contributed by atoms with E-state index in [0.717, 1.165) is 4.31 Å². The Bertz CT molecular complexity index is 1140. The molecule has 0 radical (unpaired) electrons. The Balaban J connectivity index is 2.11. The average molecular weight is 488 g/mol. The monoisotopic (exact) mass is 487 g/mol. The topological polar surface area (TPSA) is 87.2 Å². The summed E-state index contributed by atoms with van der Waals surface area (Å²) in [6, 6.07) is 6.85. The largest absolute Gasteiger partial charge is 0.478 e. The van der Waals surface area contributed by atoms with Gasteiger partial charge in [-0.25, -0.2) is 17.6 Å². The summed E-state index contributed by atoms with van der Waals surface area (Å²) >= 11 is 12.6. The van der Waals surface area contributed by atoms with Crippen molar-refractivity contribution in [3.63, 3.8) is 0 Å². The molecule has 1 atom stereocenters. The number of hydrogen-bond acceptors (Lipinski definition) is 4. The summed E-state index contributed by atoms with van der Waals surface area (Å²) in [4.78, 5) is 11.1. The van der Waals surface area contributed by atoms with Crippen molar-refractivity contribution in [3.05, 3.63) is 57.3 Å². The molecule has 0 amide bonds. The molecule has 1 aliphatic heterocycles. The number of benzene rings is 2. The summed E-state index contributed by atoms with van der Waals surface area (Å²) in [6.07, 6.45) is 1.45. The zero-order chi connectivity index (χ0) is 22.9. The van der Waals surface area contributed by atoms with Gasteiger partial charge in [-0.15, -0.1) is 0 Å². The SMILES string of the molecule is CCC(=Cc1cccc(F)c1-c1cc(Cl)c(S(=O)(=O)N(C)CC2CO2)c(Cl)c1)C(=O)O. The number of halogens is 3. The highest BCUT2D eigenvalue weighted by molar-refractivity contribution is 7.89. The van der Waals surface area contributed by atoms with E-state index in [-0.39, 0.29) is 50.7 Å². The minimum Gasteiger partial charge on any atom is -0.478 e. The van der Waals surface area contributed by atoms with E-state index in [0.29, 0.717) is 12.2 Å². The molecule has 3 rings (SSSR count). The fourth-order valence-electron chi connectivity index (χ4n) is 3.13. The lowest BCUT2D eigenvalue weighted by atomic mass is 9.97. The molecule has 31 heavy (non-hydrogen) atoms. The molecular weight excluding hydrogens is 468 g/mol. The molecule has 6 nitrogen and oxygen atoms in total. The van der Waals surface area contributed by atoms with Crippen molar-refractivity contribution < 1.29 is 27.4 Å². The van der Waals surface area contributed by atoms with E-state index in [4.69, 9.17) is 27.9 Å². The minimum absolute atomic E-state index is 0.0715. The van der Waals surface area contributed by atoms with Gasteiger partial charge < -0.3 is 9.84 Å². The lowest BCUT2D eigenvalue weighted by Crippen LogP contribution is -2.31. The standard InChI is InChI=1S/C21H20Cl2FNO5S/c1-3-12(21(26)27)7-13-5-4-6-18(24)19(13)14-8-16(22)20(17(23)9-14)31(28,29)25(2)10-15-11-30-15/h4-9,15H,3,10-11H2,1-2H3,(H,26,27).